The van der Waals surface area contributed by atoms with Gasteiger partial charge in [0.05, 0.1) is 13.5 Å². The quantitative estimate of drug-likeness (QED) is 0.553. The molecule has 0 atom stereocenters. The van der Waals surface area contributed by atoms with Crippen LogP contribution in [0.4, 0.5) is 0 Å². The average molecular weight is 372 g/mol. The van der Waals surface area contributed by atoms with Crippen molar-refractivity contribution in [2.45, 2.75) is 37.6 Å². The molecule has 0 saturated heterocycles. The summed E-state index contributed by atoms with van der Waals surface area (Å²) in [5.41, 5.74) is 1.45. The Hall–Kier alpha value is -0.520. The van der Waals surface area contributed by atoms with Gasteiger partial charge in [0.2, 0.25) is 0 Å². The molecular formula is C16H22BrNO2S. The third-order valence-electron chi connectivity index (χ3n) is 3.84. The average Bonchev–Trinajstić information content (AvgIpc) is 3.24. The van der Waals surface area contributed by atoms with Gasteiger partial charge in [0.25, 0.3) is 0 Å². The lowest BCUT2D eigenvalue weighted by Crippen LogP contribution is -2.13. The molecule has 5 heteroatoms. The second-order valence-corrected chi connectivity index (χ2v) is 7.48. The zero-order valence-corrected chi connectivity index (χ0v) is 15.0. The number of nitrogens with one attached hydrogen (secondary N) is 1. The van der Waals surface area contributed by atoms with Crippen LogP contribution in [0.5, 0.6) is 0 Å². The summed E-state index contributed by atoms with van der Waals surface area (Å²) in [6, 6.07) is 6.50. The zero-order chi connectivity index (χ0) is 15.3. The Labute approximate surface area is 139 Å². The van der Waals surface area contributed by atoms with E-state index in [4.69, 9.17) is 4.74 Å². The van der Waals surface area contributed by atoms with Gasteiger partial charge >= 0.3 is 5.97 Å². The number of hydrogen-bond acceptors (Lipinski definition) is 4. The van der Waals surface area contributed by atoms with E-state index >= 15 is 0 Å². The molecule has 0 radical (unpaired) electrons. The highest BCUT2D eigenvalue weighted by molar-refractivity contribution is 9.10. The van der Waals surface area contributed by atoms with Crippen molar-refractivity contribution in [2.75, 3.05) is 19.4 Å². The molecule has 0 aliphatic heterocycles. The monoisotopic (exact) mass is 371 g/mol. The van der Waals surface area contributed by atoms with E-state index in [1.54, 1.807) is 0 Å². The first-order chi connectivity index (χ1) is 10.1. The Morgan fingerprint density at radius 3 is 2.81 bits per heavy atom. The van der Waals surface area contributed by atoms with E-state index in [0.29, 0.717) is 6.42 Å². The molecule has 0 bridgehead atoms. The number of ether oxygens (including phenoxy) is 1. The maximum atomic E-state index is 11.4. The highest BCUT2D eigenvalue weighted by Crippen LogP contribution is 2.52. The van der Waals surface area contributed by atoms with E-state index in [1.165, 1.54) is 17.6 Å². The minimum Gasteiger partial charge on any atom is -0.469 e. The molecule has 2 rings (SSSR count). The number of carbonyl (C=O) groups is 1. The molecule has 21 heavy (non-hydrogen) atoms. The first kappa shape index (κ1) is 16.8. The molecular weight excluding hydrogens is 350 g/mol. The lowest BCUT2D eigenvalue weighted by atomic mass is 10.1. The van der Waals surface area contributed by atoms with E-state index in [9.17, 15) is 4.79 Å². The van der Waals surface area contributed by atoms with Gasteiger partial charge in [-0.25, -0.2) is 0 Å². The van der Waals surface area contributed by atoms with Crippen LogP contribution in [0.1, 0.15) is 31.7 Å². The minimum atomic E-state index is -0.0877. The van der Waals surface area contributed by atoms with Crippen molar-refractivity contribution in [1.82, 2.24) is 5.32 Å². The largest absolute Gasteiger partial charge is 0.469 e. The van der Waals surface area contributed by atoms with Crippen LogP contribution in [0, 0.1) is 5.41 Å². The smallest absolute Gasteiger partial charge is 0.306 e. The maximum absolute atomic E-state index is 11.4. The van der Waals surface area contributed by atoms with Gasteiger partial charge in [0, 0.05) is 21.7 Å². The van der Waals surface area contributed by atoms with Gasteiger partial charge in [0.15, 0.2) is 0 Å². The second kappa shape index (κ2) is 7.65. The fourth-order valence-corrected chi connectivity index (χ4v) is 4.08. The fraction of sp³-hybridized carbons (Fsp3) is 0.562. The van der Waals surface area contributed by atoms with E-state index < -0.39 is 0 Å². The molecule has 0 heterocycles. The molecule has 0 aromatic heterocycles. The van der Waals surface area contributed by atoms with Gasteiger partial charge in [-0.05, 0) is 42.5 Å². The Morgan fingerprint density at radius 1 is 1.48 bits per heavy atom. The van der Waals surface area contributed by atoms with Gasteiger partial charge < -0.3 is 10.1 Å². The molecule has 1 saturated carbocycles. The van der Waals surface area contributed by atoms with Crippen molar-refractivity contribution in [3.8, 4) is 0 Å². The summed E-state index contributed by atoms with van der Waals surface area (Å²) < 4.78 is 5.93. The number of thioether (sulfide) groups is 1. The van der Waals surface area contributed by atoms with Crippen molar-refractivity contribution >= 4 is 33.7 Å². The lowest BCUT2D eigenvalue weighted by Gasteiger charge is -2.14. The van der Waals surface area contributed by atoms with Crippen LogP contribution in [0.15, 0.2) is 27.6 Å². The molecule has 1 fully saturated rings. The highest BCUT2D eigenvalue weighted by atomic mass is 79.9. The van der Waals surface area contributed by atoms with E-state index in [-0.39, 0.29) is 11.4 Å². The highest BCUT2D eigenvalue weighted by Gasteiger charge is 2.44. The third-order valence-corrected chi connectivity index (χ3v) is 5.92. The summed E-state index contributed by atoms with van der Waals surface area (Å²) in [4.78, 5) is 12.7. The maximum Gasteiger partial charge on any atom is 0.306 e. The second-order valence-electron chi connectivity index (χ2n) is 5.58. The Morgan fingerprint density at radius 2 is 2.24 bits per heavy atom. The van der Waals surface area contributed by atoms with E-state index in [2.05, 4.69) is 46.4 Å². The van der Waals surface area contributed by atoms with E-state index in [1.807, 2.05) is 11.8 Å². The molecule has 1 aromatic carbocycles. The molecule has 1 N–H and O–H groups in total. The number of benzene rings is 1. The van der Waals surface area contributed by atoms with Crippen LogP contribution < -0.4 is 5.32 Å². The Bertz CT molecular complexity index is 503. The summed E-state index contributed by atoms with van der Waals surface area (Å²) in [7, 11) is 1.46. The topological polar surface area (TPSA) is 38.3 Å². The van der Waals surface area contributed by atoms with Crippen molar-refractivity contribution in [3.63, 3.8) is 0 Å². The summed E-state index contributed by atoms with van der Waals surface area (Å²) in [5.74, 6) is 0.899. The van der Waals surface area contributed by atoms with Crippen LogP contribution in [0.3, 0.4) is 0 Å². The molecule has 3 nitrogen and oxygen atoms in total. The molecule has 0 amide bonds. The van der Waals surface area contributed by atoms with Crippen LogP contribution in [-0.2, 0) is 16.1 Å². The van der Waals surface area contributed by atoms with Gasteiger partial charge in [-0.2, -0.15) is 0 Å². The molecule has 1 aliphatic carbocycles. The lowest BCUT2D eigenvalue weighted by molar-refractivity contribution is -0.141. The van der Waals surface area contributed by atoms with Crippen molar-refractivity contribution in [2.24, 2.45) is 5.41 Å². The van der Waals surface area contributed by atoms with Crippen molar-refractivity contribution in [1.29, 1.82) is 0 Å². The summed E-state index contributed by atoms with van der Waals surface area (Å²) >= 11 is 5.47. The van der Waals surface area contributed by atoms with Crippen LogP contribution >= 0.6 is 27.7 Å². The van der Waals surface area contributed by atoms with Gasteiger partial charge in [-0.15, -0.1) is 11.8 Å². The molecule has 0 unspecified atom stereocenters. The molecule has 1 aliphatic rings. The predicted octanol–water partition coefficient (Wildman–Crippen LogP) is 3.99. The Balaban J connectivity index is 1.89. The number of carbonyl (C=O) groups excluding carboxylic acids is 1. The minimum absolute atomic E-state index is 0.0877. The van der Waals surface area contributed by atoms with Crippen LogP contribution in [0.2, 0.25) is 0 Å². The first-order valence-corrected chi connectivity index (χ1v) is 9.05. The summed E-state index contributed by atoms with van der Waals surface area (Å²) in [6.45, 7) is 3.96. The SMILES string of the molecule is CCNCc1ccc(SCC2(CC(=O)OC)CC2)cc1Br. The predicted molar refractivity (Wildman–Crippen MR) is 90.5 cm³/mol. The van der Waals surface area contributed by atoms with Crippen LogP contribution in [0.25, 0.3) is 0 Å². The number of rotatable bonds is 8. The van der Waals surface area contributed by atoms with Gasteiger partial charge in [-0.3, -0.25) is 4.79 Å². The zero-order valence-electron chi connectivity index (χ0n) is 12.6. The fourth-order valence-electron chi connectivity index (χ4n) is 2.18. The molecule has 1 aromatic rings. The molecule has 0 spiro atoms. The first-order valence-electron chi connectivity index (χ1n) is 7.27. The van der Waals surface area contributed by atoms with Crippen LogP contribution in [-0.4, -0.2) is 25.4 Å². The van der Waals surface area contributed by atoms with E-state index in [0.717, 1.165) is 36.2 Å². The van der Waals surface area contributed by atoms with Gasteiger partial charge in [-0.1, -0.05) is 28.9 Å². The van der Waals surface area contributed by atoms with Crippen molar-refractivity contribution in [3.05, 3.63) is 28.2 Å². The normalized spacial score (nSPS) is 15.8. The number of esters is 1. The van der Waals surface area contributed by atoms with Crippen molar-refractivity contribution < 1.29 is 9.53 Å². The van der Waals surface area contributed by atoms with Gasteiger partial charge in [0.1, 0.15) is 0 Å². The third kappa shape index (κ3) is 5.01. The summed E-state index contributed by atoms with van der Waals surface area (Å²) in [5, 5.41) is 3.33. The number of halogens is 1. The standard InChI is InChI=1S/C16H22BrNO2S/c1-3-18-10-12-4-5-13(8-14(12)17)21-11-16(6-7-16)9-15(19)20-2/h4-5,8,18H,3,6-7,9-11H2,1-2H3. The Kier molecular flexibility index (Phi) is 6.14. The summed E-state index contributed by atoms with van der Waals surface area (Å²) in [6.07, 6.45) is 2.82. The number of hydrogen-bond donors (Lipinski definition) is 1. The molecule has 116 valence electrons. The number of methoxy groups -OCH3 is 1.